The number of rotatable bonds is 6. The fourth-order valence-corrected chi connectivity index (χ4v) is 6.23. The van der Waals surface area contributed by atoms with Crippen molar-refractivity contribution in [2.75, 3.05) is 18.5 Å². The van der Waals surface area contributed by atoms with Gasteiger partial charge in [0.25, 0.3) is 5.91 Å². The van der Waals surface area contributed by atoms with Gasteiger partial charge >= 0.3 is 0 Å². The van der Waals surface area contributed by atoms with Crippen molar-refractivity contribution in [1.29, 1.82) is 0 Å². The molecule has 192 valence electrons. The third-order valence-corrected chi connectivity index (χ3v) is 7.84. The molecule has 1 amide bonds. The van der Waals surface area contributed by atoms with Crippen LogP contribution in [0.2, 0.25) is 0 Å². The summed E-state index contributed by atoms with van der Waals surface area (Å²) in [5.41, 5.74) is 6.03. The number of Topliss-reactive ketones (excluding diaryl/α,β-unsaturated/α-hetero) is 2. The molecule has 3 aliphatic rings. The average Bonchev–Trinajstić information content (AvgIpc) is 2.87. The number of aryl methyl sites for hydroxylation is 1. The van der Waals surface area contributed by atoms with Crippen LogP contribution in [0.3, 0.4) is 0 Å². The number of allylic oxidation sites excluding steroid dienone is 4. The van der Waals surface area contributed by atoms with Crippen LogP contribution in [0.15, 0.2) is 69.5 Å². The highest BCUT2D eigenvalue weighted by atomic mass is 79.9. The normalized spacial score (nSPS) is 18.1. The molecular weight excluding hydrogens is 532 g/mol. The maximum Gasteiger partial charge on any atom is 0.262 e. The van der Waals surface area contributed by atoms with E-state index in [1.54, 1.807) is 0 Å². The Kier molecular flexibility index (Phi) is 7.33. The summed E-state index contributed by atoms with van der Waals surface area (Å²) in [4.78, 5) is 41.8. The van der Waals surface area contributed by atoms with Gasteiger partial charge in [0.05, 0.1) is 0 Å². The van der Waals surface area contributed by atoms with E-state index in [0.717, 1.165) is 59.2 Å². The minimum atomic E-state index is -0.485. The van der Waals surface area contributed by atoms with Gasteiger partial charge in [0.1, 0.15) is 5.75 Å². The third kappa shape index (κ3) is 5.01. The van der Waals surface area contributed by atoms with Crippen LogP contribution in [0.1, 0.15) is 62.5 Å². The van der Waals surface area contributed by atoms with E-state index in [-0.39, 0.29) is 24.1 Å². The summed E-state index contributed by atoms with van der Waals surface area (Å²) in [7, 11) is 0. The molecule has 0 radical (unpaired) electrons. The molecule has 37 heavy (non-hydrogen) atoms. The van der Waals surface area contributed by atoms with Crippen molar-refractivity contribution in [2.24, 2.45) is 0 Å². The predicted molar refractivity (Wildman–Crippen MR) is 146 cm³/mol. The minimum Gasteiger partial charge on any atom is -0.483 e. The molecule has 5 rings (SSSR count). The summed E-state index contributed by atoms with van der Waals surface area (Å²) in [6, 6.07) is 13.2. The average molecular weight is 563 g/mol. The number of anilines is 1. The SMILES string of the molecule is CCN1C2=C(C(=O)CCC2)C(c2cc(Br)ccc2OCC(=O)Nc2cccc(C)c2)C2=C1CCCC2=O. The highest BCUT2D eigenvalue weighted by molar-refractivity contribution is 9.10. The second-order valence-corrected chi connectivity index (χ2v) is 10.8. The Morgan fingerprint density at radius 1 is 1.00 bits per heavy atom. The van der Waals surface area contributed by atoms with Crippen molar-refractivity contribution >= 4 is 39.1 Å². The highest BCUT2D eigenvalue weighted by Crippen LogP contribution is 2.51. The Morgan fingerprint density at radius 3 is 2.30 bits per heavy atom. The zero-order valence-corrected chi connectivity index (χ0v) is 22.8. The Hall–Kier alpha value is -3.19. The lowest BCUT2D eigenvalue weighted by atomic mass is 9.70. The Bertz CT molecular complexity index is 1300. The van der Waals surface area contributed by atoms with Crippen LogP contribution >= 0.6 is 15.9 Å². The quantitative estimate of drug-likeness (QED) is 0.453. The summed E-state index contributed by atoms with van der Waals surface area (Å²) < 4.78 is 6.91. The van der Waals surface area contributed by atoms with E-state index in [0.29, 0.717) is 35.4 Å². The molecule has 0 atom stereocenters. The first-order valence-electron chi connectivity index (χ1n) is 13.0. The number of benzene rings is 2. The smallest absolute Gasteiger partial charge is 0.262 e. The maximum atomic E-state index is 13.4. The Morgan fingerprint density at radius 2 is 1.68 bits per heavy atom. The van der Waals surface area contributed by atoms with Gasteiger partial charge in [0.15, 0.2) is 18.2 Å². The molecule has 0 saturated carbocycles. The predicted octanol–water partition coefficient (Wildman–Crippen LogP) is 6.21. The van der Waals surface area contributed by atoms with Crippen molar-refractivity contribution in [1.82, 2.24) is 4.90 Å². The van der Waals surface area contributed by atoms with Gasteiger partial charge in [-0.05, 0) is 75.4 Å². The fourth-order valence-electron chi connectivity index (χ4n) is 5.85. The maximum absolute atomic E-state index is 13.4. The summed E-state index contributed by atoms with van der Waals surface area (Å²) in [5, 5.41) is 2.87. The molecule has 1 heterocycles. The Labute approximate surface area is 225 Å². The van der Waals surface area contributed by atoms with Crippen LogP contribution in [0.4, 0.5) is 5.69 Å². The van der Waals surface area contributed by atoms with Gasteiger partial charge in [-0.15, -0.1) is 0 Å². The molecule has 6 nitrogen and oxygen atoms in total. The van der Waals surface area contributed by atoms with Gasteiger partial charge in [-0.2, -0.15) is 0 Å². The van der Waals surface area contributed by atoms with Crippen LogP contribution in [-0.2, 0) is 14.4 Å². The number of halogens is 1. The molecule has 2 aromatic rings. The standard InChI is InChI=1S/C30H31BrN2O4/c1-3-33-22-9-5-11-24(34)29(22)28(30-23(33)10-6-12-25(30)35)21-16-19(31)13-14-26(21)37-17-27(36)32-20-8-4-7-18(2)15-20/h4,7-8,13-16,28H,3,5-6,9-12,17H2,1-2H3,(H,32,36). The second-order valence-electron chi connectivity index (χ2n) is 9.84. The van der Waals surface area contributed by atoms with Crippen LogP contribution in [0, 0.1) is 6.92 Å². The van der Waals surface area contributed by atoms with Gasteiger partial charge in [-0.25, -0.2) is 0 Å². The molecule has 0 spiro atoms. The topological polar surface area (TPSA) is 75.7 Å². The number of ketones is 2. The number of carbonyl (C=O) groups is 3. The van der Waals surface area contributed by atoms with Gasteiger partial charge in [-0.3, -0.25) is 14.4 Å². The molecular formula is C30H31BrN2O4. The van der Waals surface area contributed by atoms with E-state index in [9.17, 15) is 14.4 Å². The molecule has 0 unspecified atom stereocenters. The van der Waals surface area contributed by atoms with Crippen LogP contribution in [0.5, 0.6) is 5.75 Å². The first kappa shape index (κ1) is 25.5. The van der Waals surface area contributed by atoms with Gasteiger partial charge < -0.3 is 15.0 Å². The summed E-state index contributed by atoms with van der Waals surface area (Å²) >= 11 is 3.58. The van der Waals surface area contributed by atoms with Gasteiger partial charge in [0, 0.05) is 63.6 Å². The van der Waals surface area contributed by atoms with E-state index in [4.69, 9.17) is 4.74 Å². The van der Waals surface area contributed by atoms with Crippen LogP contribution < -0.4 is 10.1 Å². The molecule has 0 bridgehead atoms. The highest BCUT2D eigenvalue weighted by Gasteiger charge is 2.43. The lowest BCUT2D eigenvalue weighted by Gasteiger charge is -2.43. The van der Waals surface area contributed by atoms with E-state index in [1.165, 1.54) is 0 Å². The van der Waals surface area contributed by atoms with Crippen molar-refractivity contribution in [3.05, 3.63) is 80.6 Å². The molecule has 2 aromatic carbocycles. The lowest BCUT2D eigenvalue weighted by molar-refractivity contribution is -0.119. The first-order valence-corrected chi connectivity index (χ1v) is 13.8. The third-order valence-electron chi connectivity index (χ3n) is 7.35. The Balaban J connectivity index is 1.53. The summed E-state index contributed by atoms with van der Waals surface area (Å²) in [5.74, 6) is -0.0632. The number of nitrogens with zero attached hydrogens (tertiary/aromatic N) is 1. The number of carbonyl (C=O) groups excluding carboxylic acids is 3. The number of hydrogen-bond acceptors (Lipinski definition) is 5. The van der Waals surface area contributed by atoms with E-state index >= 15 is 0 Å². The number of nitrogens with one attached hydrogen (secondary N) is 1. The first-order chi connectivity index (χ1) is 17.9. The van der Waals surface area contributed by atoms with Crippen molar-refractivity contribution < 1.29 is 19.1 Å². The number of hydrogen-bond donors (Lipinski definition) is 1. The zero-order valence-electron chi connectivity index (χ0n) is 21.2. The van der Waals surface area contributed by atoms with E-state index in [2.05, 4.69) is 33.1 Å². The monoisotopic (exact) mass is 562 g/mol. The van der Waals surface area contributed by atoms with Crippen molar-refractivity contribution in [3.8, 4) is 5.75 Å². The lowest BCUT2D eigenvalue weighted by Crippen LogP contribution is -2.39. The molecule has 1 N–H and O–H groups in total. The number of amides is 1. The van der Waals surface area contributed by atoms with E-state index in [1.807, 2.05) is 49.4 Å². The molecule has 2 aliphatic carbocycles. The minimum absolute atomic E-state index is 0.0951. The zero-order chi connectivity index (χ0) is 26.1. The number of ether oxygens (including phenoxy) is 1. The fraction of sp³-hybridized carbons (Fsp3) is 0.367. The molecule has 0 saturated heterocycles. The second kappa shape index (κ2) is 10.7. The molecule has 0 fully saturated rings. The summed E-state index contributed by atoms with van der Waals surface area (Å²) in [6.07, 6.45) is 4.23. The molecule has 1 aliphatic heterocycles. The van der Waals surface area contributed by atoms with Crippen molar-refractivity contribution in [2.45, 2.75) is 58.3 Å². The molecule has 7 heteroatoms. The van der Waals surface area contributed by atoms with Crippen LogP contribution in [0.25, 0.3) is 0 Å². The van der Waals surface area contributed by atoms with Gasteiger partial charge in [0.2, 0.25) is 0 Å². The van der Waals surface area contributed by atoms with Crippen molar-refractivity contribution in [3.63, 3.8) is 0 Å². The van der Waals surface area contributed by atoms with E-state index < -0.39 is 5.92 Å². The molecule has 0 aromatic heterocycles. The van der Waals surface area contributed by atoms with Crippen LogP contribution in [-0.4, -0.2) is 35.5 Å². The summed E-state index contributed by atoms with van der Waals surface area (Å²) in [6.45, 7) is 4.59. The largest absolute Gasteiger partial charge is 0.483 e. The van der Waals surface area contributed by atoms with Gasteiger partial charge in [-0.1, -0.05) is 28.1 Å².